The molecule has 19 heavy (non-hydrogen) atoms. The van der Waals surface area contributed by atoms with E-state index in [0.717, 1.165) is 0 Å². The van der Waals surface area contributed by atoms with Gasteiger partial charge < -0.3 is 15.8 Å². The zero-order valence-electron chi connectivity index (χ0n) is 12.2. The van der Waals surface area contributed by atoms with Gasteiger partial charge in [0.2, 0.25) is 5.91 Å². The van der Waals surface area contributed by atoms with Crippen LogP contribution in [0.2, 0.25) is 0 Å². The fourth-order valence-electron chi connectivity index (χ4n) is 1.77. The first-order chi connectivity index (χ1) is 8.97. The quantitative estimate of drug-likeness (QED) is 0.830. The van der Waals surface area contributed by atoms with Crippen LogP contribution in [0, 0.1) is 5.92 Å². The molecule has 0 aromatic heterocycles. The largest absolute Gasteiger partial charge is 0.495 e. The third-order valence-corrected chi connectivity index (χ3v) is 3.10. The van der Waals surface area contributed by atoms with Crippen molar-refractivity contribution in [2.75, 3.05) is 19.0 Å². The van der Waals surface area contributed by atoms with Crippen LogP contribution >= 0.6 is 0 Å². The van der Waals surface area contributed by atoms with Crippen molar-refractivity contribution >= 4 is 11.6 Å². The molecule has 3 N–H and O–H groups in total. The molecule has 1 aromatic rings. The van der Waals surface area contributed by atoms with E-state index < -0.39 is 0 Å². The molecule has 0 spiro atoms. The Morgan fingerprint density at radius 2 is 2.05 bits per heavy atom. The minimum Gasteiger partial charge on any atom is -0.495 e. The van der Waals surface area contributed by atoms with E-state index in [0.29, 0.717) is 30.3 Å². The highest BCUT2D eigenvalue weighted by Crippen LogP contribution is 2.29. The summed E-state index contributed by atoms with van der Waals surface area (Å²) < 4.78 is 5.33. The topological polar surface area (TPSA) is 64.3 Å². The molecule has 1 rings (SSSR count). The van der Waals surface area contributed by atoms with Gasteiger partial charge in [-0.25, -0.2) is 0 Å². The summed E-state index contributed by atoms with van der Waals surface area (Å²) in [5.74, 6) is 1.27. The first-order valence-corrected chi connectivity index (χ1v) is 6.65. The van der Waals surface area contributed by atoms with E-state index in [9.17, 15) is 4.79 Å². The molecule has 0 aliphatic carbocycles. The average molecular weight is 264 g/mol. The zero-order chi connectivity index (χ0) is 14.4. The van der Waals surface area contributed by atoms with E-state index in [1.807, 2.05) is 25.1 Å². The number of hydrogen-bond acceptors (Lipinski definition) is 3. The number of anilines is 1. The van der Waals surface area contributed by atoms with Crippen LogP contribution in [0.5, 0.6) is 5.75 Å². The number of ether oxygens (including phenoxy) is 1. The standard InChI is InChI=1S/C15H24N2O2/c1-10(2)12-5-6-13(14(8-12)19-4)17-15(18)7-11(3)9-16/h5-6,8,10-11H,7,9,16H2,1-4H3,(H,17,18). The van der Waals surface area contributed by atoms with Crippen LogP contribution in [0.3, 0.4) is 0 Å². The Morgan fingerprint density at radius 1 is 1.37 bits per heavy atom. The number of methoxy groups -OCH3 is 1. The molecule has 0 fully saturated rings. The summed E-state index contributed by atoms with van der Waals surface area (Å²) in [4.78, 5) is 11.8. The number of rotatable bonds is 6. The highest BCUT2D eigenvalue weighted by molar-refractivity contribution is 5.92. The SMILES string of the molecule is COc1cc(C(C)C)ccc1NC(=O)CC(C)CN. The van der Waals surface area contributed by atoms with Gasteiger partial charge >= 0.3 is 0 Å². The van der Waals surface area contributed by atoms with Gasteiger partial charge in [-0.15, -0.1) is 0 Å². The van der Waals surface area contributed by atoms with Crippen LogP contribution in [-0.2, 0) is 4.79 Å². The van der Waals surface area contributed by atoms with Gasteiger partial charge in [-0.05, 0) is 36.1 Å². The van der Waals surface area contributed by atoms with Gasteiger partial charge in [0.15, 0.2) is 0 Å². The number of nitrogens with one attached hydrogen (secondary N) is 1. The van der Waals surface area contributed by atoms with E-state index in [-0.39, 0.29) is 11.8 Å². The minimum atomic E-state index is -0.0338. The lowest BCUT2D eigenvalue weighted by Crippen LogP contribution is -2.20. The van der Waals surface area contributed by atoms with Gasteiger partial charge in [-0.2, -0.15) is 0 Å². The van der Waals surface area contributed by atoms with Crippen molar-refractivity contribution in [1.82, 2.24) is 0 Å². The maximum atomic E-state index is 11.8. The molecule has 1 aromatic carbocycles. The molecule has 0 heterocycles. The summed E-state index contributed by atoms with van der Waals surface area (Å²) in [5, 5.41) is 2.87. The van der Waals surface area contributed by atoms with Crippen molar-refractivity contribution in [3.05, 3.63) is 23.8 Å². The number of carbonyl (C=O) groups excluding carboxylic acids is 1. The third-order valence-electron chi connectivity index (χ3n) is 3.10. The number of nitrogens with two attached hydrogens (primary N) is 1. The molecule has 0 radical (unpaired) electrons. The molecule has 0 saturated carbocycles. The van der Waals surface area contributed by atoms with Crippen LogP contribution in [0.15, 0.2) is 18.2 Å². The Bertz CT molecular complexity index is 430. The lowest BCUT2D eigenvalue weighted by atomic mass is 10.0. The van der Waals surface area contributed by atoms with Crippen molar-refractivity contribution in [2.45, 2.75) is 33.1 Å². The Labute approximate surface area is 115 Å². The number of benzene rings is 1. The Balaban J connectivity index is 2.80. The number of carbonyl (C=O) groups is 1. The summed E-state index contributed by atoms with van der Waals surface area (Å²) in [5.41, 5.74) is 7.41. The monoisotopic (exact) mass is 264 g/mol. The average Bonchev–Trinajstić information content (AvgIpc) is 2.38. The highest BCUT2D eigenvalue weighted by Gasteiger charge is 2.12. The van der Waals surface area contributed by atoms with Gasteiger partial charge in [0.05, 0.1) is 12.8 Å². The number of amides is 1. The van der Waals surface area contributed by atoms with Crippen molar-refractivity contribution in [3.63, 3.8) is 0 Å². The summed E-state index contributed by atoms with van der Waals surface area (Å²) >= 11 is 0. The molecule has 0 saturated heterocycles. The molecular formula is C15H24N2O2. The second-order valence-electron chi connectivity index (χ2n) is 5.21. The molecule has 0 aliphatic rings. The van der Waals surface area contributed by atoms with Gasteiger partial charge in [0.1, 0.15) is 5.75 Å². The van der Waals surface area contributed by atoms with Crippen LogP contribution < -0.4 is 15.8 Å². The van der Waals surface area contributed by atoms with Crippen LogP contribution in [0.1, 0.15) is 38.7 Å². The molecular weight excluding hydrogens is 240 g/mol. The van der Waals surface area contributed by atoms with Gasteiger partial charge in [0.25, 0.3) is 0 Å². The lowest BCUT2D eigenvalue weighted by molar-refractivity contribution is -0.116. The maximum absolute atomic E-state index is 11.8. The third kappa shape index (κ3) is 4.56. The normalized spacial score (nSPS) is 12.3. The molecule has 4 heteroatoms. The second kappa shape index (κ2) is 7.14. The summed E-state index contributed by atoms with van der Waals surface area (Å²) in [6.07, 6.45) is 0.422. The molecule has 1 amide bonds. The van der Waals surface area contributed by atoms with Crippen LogP contribution in [-0.4, -0.2) is 19.6 Å². The second-order valence-corrected chi connectivity index (χ2v) is 5.21. The highest BCUT2D eigenvalue weighted by atomic mass is 16.5. The predicted molar refractivity (Wildman–Crippen MR) is 78.5 cm³/mol. The minimum absolute atomic E-state index is 0.0338. The van der Waals surface area contributed by atoms with Gasteiger partial charge in [-0.3, -0.25) is 4.79 Å². The van der Waals surface area contributed by atoms with E-state index in [1.54, 1.807) is 7.11 Å². The first-order valence-electron chi connectivity index (χ1n) is 6.65. The van der Waals surface area contributed by atoms with E-state index in [2.05, 4.69) is 19.2 Å². The Hall–Kier alpha value is -1.55. The van der Waals surface area contributed by atoms with Crippen molar-refractivity contribution in [2.24, 2.45) is 11.7 Å². The van der Waals surface area contributed by atoms with Gasteiger partial charge in [0, 0.05) is 6.42 Å². The summed E-state index contributed by atoms with van der Waals surface area (Å²) in [6, 6.07) is 5.86. The lowest BCUT2D eigenvalue weighted by Gasteiger charge is -2.14. The van der Waals surface area contributed by atoms with E-state index >= 15 is 0 Å². The molecule has 1 unspecified atom stereocenters. The van der Waals surface area contributed by atoms with Crippen molar-refractivity contribution in [3.8, 4) is 5.75 Å². The predicted octanol–water partition coefficient (Wildman–Crippen LogP) is 2.74. The Kier molecular flexibility index (Phi) is 5.83. The molecule has 106 valence electrons. The maximum Gasteiger partial charge on any atom is 0.224 e. The molecule has 0 bridgehead atoms. The van der Waals surface area contributed by atoms with Crippen molar-refractivity contribution in [1.29, 1.82) is 0 Å². The van der Waals surface area contributed by atoms with Gasteiger partial charge in [-0.1, -0.05) is 26.8 Å². The summed E-state index contributed by atoms with van der Waals surface area (Å²) in [6.45, 7) is 6.71. The summed E-state index contributed by atoms with van der Waals surface area (Å²) in [7, 11) is 1.61. The van der Waals surface area contributed by atoms with Crippen molar-refractivity contribution < 1.29 is 9.53 Å². The van der Waals surface area contributed by atoms with Crippen LogP contribution in [0.25, 0.3) is 0 Å². The zero-order valence-corrected chi connectivity index (χ0v) is 12.2. The molecule has 4 nitrogen and oxygen atoms in total. The fraction of sp³-hybridized carbons (Fsp3) is 0.533. The van der Waals surface area contributed by atoms with Crippen LogP contribution in [0.4, 0.5) is 5.69 Å². The van der Waals surface area contributed by atoms with E-state index in [4.69, 9.17) is 10.5 Å². The molecule has 1 atom stereocenters. The first kappa shape index (κ1) is 15.5. The van der Waals surface area contributed by atoms with E-state index in [1.165, 1.54) is 5.56 Å². The molecule has 0 aliphatic heterocycles. The fourth-order valence-corrected chi connectivity index (χ4v) is 1.77. The smallest absolute Gasteiger partial charge is 0.224 e. The number of hydrogen-bond donors (Lipinski definition) is 2. The Morgan fingerprint density at radius 3 is 2.58 bits per heavy atom.